The summed E-state index contributed by atoms with van der Waals surface area (Å²) < 4.78 is 0. The summed E-state index contributed by atoms with van der Waals surface area (Å²) in [7, 11) is 4.06. The van der Waals surface area contributed by atoms with Gasteiger partial charge in [-0.25, -0.2) is 9.97 Å². The quantitative estimate of drug-likeness (QED) is 0.898. The van der Waals surface area contributed by atoms with E-state index in [4.69, 9.17) is 0 Å². The lowest BCUT2D eigenvalue weighted by Crippen LogP contribution is -2.32. The van der Waals surface area contributed by atoms with E-state index in [9.17, 15) is 4.79 Å². The lowest BCUT2D eigenvalue weighted by atomic mass is 10.2. The van der Waals surface area contributed by atoms with Crippen molar-refractivity contribution < 1.29 is 4.79 Å². The zero-order valence-electron chi connectivity index (χ0n) is 13.9. The zero-order valence-corrected chi connectivity index (χ0v) is 13.9. The number of likely N-dealkylation sites (N-methyl/N-ethyl adjacent to an activating group) is 1. The van der Waals surface area contributed by atoms with Crippen molar-refractivity contribution in [1.29, 1.82) is 0 Å². The second-order valence-corrected chi connectivity index (χ2v) is 6.12. The summed E-state index contributed by atoms with van der Waals surface area (Å²) in [4.78, 5) is 25.4. The monoisotopic (exact) mass is 305 g/mol. The minimum atomic E-state index is 0.0306. The van der Waals surface area contributed by atoms with Crippen LogP contribution in [0.5, 0.6) is 0 Å². The fraction of sp³-hybridized carbons (Fsp3) is 0.688. The van der Waals surface area contributed by atoms with Gasteiger partial charge in [0.25, 0.3) is 5.91 Å². The average Bonchev–Trinajstić information content (AvgIpc) is 2.74. The first-order valence-electron chi connectivity index (χ1n) is 8.10. The Morgan fingerprint density at radius 2 is 1.91 bits per heavy atom. The van der Waals surface area contributed by atoms with Crippen molar-refractivity contribution >= 4 is 11.7 Å². The number of nitrogens with zero attached hydrogens (tertiary/aromatic N) is 4. The molecule has 0 unspecified atom stereocenters. The molecule has 1 aromatic rings. The highest BCUT2D eigenvalue weighted by Gasteiger charge is 2.19. The van der Waals surface area contributed by atoms with Crippen LogP contribution in [0.2, 0.25) is 0 Å². The van der Waals surface area contributed by atoms with Crippen molar-refractivity contribution in [3.63, 3.8) is 0 Å². The Balaban J connectivity index is 2.05. The van der Waals surface area contributed by atoms with Gasteiger partial charge in [0.2, 0.25) is 0 Å². The number of anilines is 1. The van der Waals surface area contributed by atoms with E-state index in [1.54, 1.807) is 6.07 Å². The maximum absolute atomic E-state index is 12.6. The predicted octanol–water partition coefficient (Wildman–Crippen LogP) is 1.77. The number of nitrogens with one attached hydrogen (secondary N) is 1. The molecule has 0 saturated carbocycles. The van der Waals surface area contributed by atoms with Crippen LogP contribution in [0.25, 0.3) is 0 Å². The molecule has 1 amide bonds. The Morgan fingerprint density at radius 1 is 1.23 bits per heavy atom. The molecule has 1 aromatic heterocycles. The molecule has 1 N–H and O–H groups in total. The first kappa shape index (κ1) is 16.7. The molecular weight excluding hydrogens is 278 g/mol. The Bertz CT molecular complexity index is 495. The van der Waals surface area contributed by atoms with Gasteiger partial charge in [0.05, 0.1) is 0 Å². The van der Waals surface area contributed by atoms with Crippen LogP contribution in [-0.4, -0.2) is 65.9 Å². The lowest BCUT2D eigenvalue weighted by Gasteiger charge is -2.20. The van der Waals surface area contributed by atoms with Gasteiger partial charge < -0.3 is 15.1 Å². The van der Waals surface area contributed by atoms with Gasteiger partial charge in [-0.05, 0) is 33.9 Å². The minimum absolute atomic E-state index is 0.0306. The lowest BCUT2D eigenvalue weighted by molar-refractivity contribution is 0.0755. The Hall–Kier alpha value is -1.69. The van der Waals surface area contributed by atoms with E-state index in [1.165, 1.54) is 12.8 Å². The molecule has 0 bridgehead atoms. The summed E-state index contributed by atoms with van der Waals surface area (Å²) in [6, 6.07) is 1.77. The molecule has 0 spiro atoms. The van der Waals surface area contributed by atoms with Gasteiger partial charge in [0.15, 0.2) is 0 Å². The molecule has 6 heteroatoms. The molecule has 0 aromatic carbocycles. The van der Waals surface area contributed by atoms with Gasteiger partial charge in [-0.15, -0.1) is 0 Å². The molecule has 1 saturated heterocycles. The van der Waals surface area contributed by atoms with Crippen molar-refractivity contribution in [2.24, 2.45) is 0 Å². The molecule has 1 aliphatic rings. The topological polar surface area (TPSA) is 61.4 Å². The SMILES string of the molecule is Cc1nc(NCCN(C)C)cc(C(=O)N2CCCCCC2)n1. The number of likely N-dealkylation sites (tertiary alicyclic amines) is 1. The summed E-state index contributed by atoms with van der Waals surface area (Å²) in [5.74, 6) is 1.39. The number of carbonyl (C=O) groups is 1. The van der Waals surface area contributed by atoms with Crippen LogP contribution in [0, 0.1) is 6.92 Å². The molecule has 22 heavy (non-hydrogen) atoms. The van der Waals surface area contributed by atoms with Crippen molar-refractivity contribution in [2.45, 2.75) is 32.6 Å². The first-order chi connectivity index (χ1) is 10.6. The summed E-state index contributed by atoms with van der Waals surface area (Å²) in [5, 5.41) is 3.26. The van der Waals surface area contributed by atoms with Gasteiger partial charge in [-0.1, -0.05) is 12.8 Å². The highest BCUT2D eigenvalue weighted by molar-refractivity contribution is 5.93. The van der Waals surface area contributed by atoms with E-state index in [2.05, 4.69) is 20.2 Å². The second kappa shape index (κ2) is 8.08. The number of aromatic nitrogens is 2. The summed E-state index contributed by atoms with van der Waals surface area (Å²) in [6.07, 6.45) is 4.60. The van der Waals surface area contributed by atoms with Crippen molar-refractivity contribution in [2.75, 3.05) is 45.6 Å². The van der Waals surface area contributed by atoms with Crippen LogP contribution >= 0.6 is 0 Å². The molecule has 0 atom stereocenters. The molecule has 0 radical (unpaired) electrons. The number of hydrogen-bond donors (Lipinski definition) is 1. The van der Waals surface area contributed by atoms with Crippen molar-refractivity contribution in [3.8, 4) is 0 Å². The Labute approximate surface area is 132 Å². The van der Waals surface area contributed by atoms with Crippen LogP contribution in [0.1, 0.15) is 42.0 Å². The first-order valence-corrected chi connectivity index (χ1v) is 8.10. The minimum Gasteiger partial charge on any atom is -0.369 e. The fourth-order valence-corrected chi connectivity index (χ4v) is 2.61. The third-order valence-corrected chi connectivity index (χ3v) is 3.82. The van der Waals surface area contributed by atoms with E-state index in [1.807, 2.05) is 25.9 Å². The van der Waals surface area contributed by atoms with Crippen LogP contribution in [0.4, 0.5) is 5.82 Å². The molecule has 1 fully saturated rings. The predicted molar refractivity (Wildman–Crippen MR) is 88.2 cm³/mol. The normalized spacial score (nSPS) is 15.7. The fourth-order valence-electron chi connectivity index (χ4n) is 2.61. The van der Waals surface area contributed by atoms with Crippen molar-refractivity contribution in [1.82, 2.24) is 19.8 Å². The molecule has 1 aliphatic heterocycles. The maximum Gasteiger partial charge on any atom is 0.272 e. The smallest absolute Gasteiger partial charge is 0.272 e. The zero-order chi connectivity index (χ0) is 15.9. The number of carbonyl (C=O) groups excluding carboxylic acids is 1. The number of rotatable bonds is 5. The van der Waals surface area contributed by atoms with Crippen LogP contribution in [0.3, 0.4) is 0 Å². The number of amides is 1. The van der Waals surface area contributed by atoms with Crippen molar-refractivity contribution in [3.05, 3.63) is 17.6 Å². The van der Waals surface area contributed by atoms with Gasteiger partial charge in [-0.2, -0.15) is 0 Å². The van der Waals surface area contributed by atoms with Gasteiger partial charge in [0.1, 0.15) is 17.3 Å². The number of hydrogen-bond acceptors (Lipinski definition) is 5. The van der Waals surface area contributed by atoms with Gasteiger partial charge in [-0.3, -0.25) is 4.79 Å². The molecule has 0 aliphatic carbocycles. The summed E-state index contributed by atoms with van der Waals surface area (Å²) in [5.41, 5.74) is 0.502. The largest absolute Gasteiger partial charge is 0.369 e. The van der Waals surface area contributed by atoms with Gasteiger partial charge in [0, 0.05) is 32.2 Å². The van der Waals surface area contributed by atoms with E-state index >= 15 is 0 Å². The Kier molecular flexibility index (Phi) is 6.12. The van der Waals surface area contributed by atoms with Crippen LogP contribution in [-0.2, 0) is 0 Å². The number of aryl methyl sites for hydroxylation is 1. The van der Waals surface area contributed by atoms with Gasteiger partial charge >= 0.3 is 0 Å². The van der Waals surface area contributed by atoms with Crippen LogP contribution in [0.15, 0.2) is 6.07 Å². The van der Waals surface area contributed by atoms with Crippen LogP contribution < -0.4 is 5.32 Å². The molecule has 122 valence electrons. The molecule has 2 heterocycles. The molecule has 6 nitrogen and oxygen atoms in total. The van der Waals surface area contributed by atoms with E-state index in [0.717, 1.165) is 44.8 Å². The molecular formula is C16H27N5O. The van der Waals surface area contributed by atoms with E-state index in [0.29, 0.717) is 11.5 Å². The van der Waals surface area contributed by atoms with E-state index in [-0.39, 0.29) is 5.91 Å². The average molecular weight is 305 g/mol. The second-order valence-electron chi connectivity index (χ2n) is 6.12. The standard InChI is InChI=1S/C16H27N5O/c1-13-18-14(12-15(19-13)17-8-11-20(2)3)16(22)21-9-6-4-5-7-10-21/h12H,4-11H2,1-3H3,(H,17,18,19). The highest BCUT2D eigenvalue weighted by Crippen LogP contribution is 2.14. The highest BCUT2D eigenvalue weighted by atomic mass is 16.2. The summed E-state index contributed by atoms with van der Waals surface area (Å²) in [6.45, 7) is 5.21. The Morgan fingerprint density at radius 3 is 2.55 bits per heavy atom. The summed E-state index contributed by atoms with van der Waals surface area (Å²) >= 11 is 0. The molecule has 2 rings (SSSR count). The third-order valence-electron chi connectivity index (χ3n) is 3.82. The van der Waals surface area contributed by atoms with E-state index < -0.39 is 0 Å². The third kappa shape index (κ3) is 4.94. The maximum atomic E-state index is 12.6.